The largest absolute Gasteiger partial charge is 0.383 e. The number of nitrogens with zero attached hydrogens (tertiary/aromatic N) is 1. The van der Waals surface area contributed by atoms with E-state index in [2.05, 4.69) is 21.2 Å². The molecule has 6 heteroatoms. The van der Waals surface area contributed by atoms with Crippen LogP contribution in [0.15, 0.2) is 56.7 Å². The number of nitrogens with one attached hydrogen (secondary N) is 1. The predicted octanol–water partition coefficient (Wildman–Crippen LogP) is 4.55. The quantitative estimate of drug-likeness (QED) is 0.656. The molecule has 0 spiro atoms. The van der Waals surface area contributed by atoms with E-state index in [4.69, 9.17) is 0 Å². The van der Waals surface area contributed by atoms with E-state index in [1.165, 1.54) is 11.8 Å². The molecule has 0 aliphatic rings. The molecular formula is C13H11BrN2O2S. The molecule has 0 radical (unpaired) electrons. The fourth-order valence-corrected chi connectivity index (χ4v) is 3.17. The van der Waals surface area contributed by atoms with Crippen molar-refractivity contribution in [3.05, 3.63) is 57.1 Å². The third kappa shape index (κ3) is 3.08. The van der Waals surface area contributed by atoms with E-state index < -0.39 is 0 Å². The molecule has 0 unspecified atom stereocenters. The van der Waals surface area contributed by atoms with Gasteiger partial charge in [-0.2, -0.15) is 0 Å². The number of benzene rings is 2. The van der Waals surface area contributed by atoms with Crippen molar-refractivity contribution in [1.29, 1.82) is 0 Å². The SMILES string of the molecule is CNc1ccc(Br)c(Sc2ccccc2)c1[N+](=O)[O-]. The van der Waals surface area contributed by atoms with Gasteiger partial charge in [0.05, 0.1) is 4.92 Å². The van der Waals surface area contributed by atoms with Crippen molar-refractivity contribution in [2.75, 3.05) is 12.4 Å². The van der Waals surface area contributed by atoms with Gasteiger partial charge in [-0.25, -0.2) is 0 Å². The summed E-state index contributed by atoms with van der Waals surface area (Å²) in [6.07, 6.45) is 0. The van der Waals surface area contributed by atoms with Crippen LogP contribution in [0.1, 0.15) is 0 Å². The summed E-state index contributed by atoms with van der Waals surface area (Å²) < 4.78 is 0.715. The number of hydrogen-bond acceptors (Lipinski definition) is 4. The first-order chi connectivity index (χ1) is 9.13. The van der Waals surface area contributed by atoms with Crippen LogP contribution in [0.3, 0.4) is 0 Å². The van der Waals surface area contributed by atoms with Crippen molar-refractivity contribution < 1.29 is 4.92 Å². The van der Waals surface area contributed by atoms with Gasteiger partial charge in [-0.15, -0.1) is 0 Å². The molecule has 2 rings (SSSR count). The number of nitro benzene ring substituents is 1. The predicted molar refractivity (Wildman–Crippen MR) is 80.9 cm³/mol. The van der Waals surface area contributed by atoms with Gasteiger partial charge < -0.3 is 5.32 Å². The van der Waals surface area contributed by atoms with Crippen LogP contribution in [0.2, 0.25) is 0 Å². The first kappa shape index (κ1) is 13.9. The Labute approximate surface area is 123 Å². The Balaban J connectivity index is 2.52. The Kier molecular flexibility index (Phi) is 4.44. The molecule has 2 aromatic carbocycles. The summed E-state index contributed by atoms with van der Waals surface area (Å²) in [6.45, 7) is 0. The molecule has 0 heterocycles. The van der Waals surface area contributed by atoms with Gasteiger partial charge in [0.1, 0.15) is 10.6 Å². The molecule has 0 saturated carbocycles. The van der Waals surface area contributed by atoms with Crippen molar-refractivity contribution in [3.63, 3.8) is 0 Å². The molecule has 0 amide bonds. The molecule has 0 bridgehead atoms. The van der Waals surface area contributed by atoms with Gasteiger partial charge in [-0.3, -0.25) is 10.1 Å². The van der Waals surface area contributed by atoms with Gasteiger partial charge in [0.25, 0.3) is 0 Å². The van der Waals surface area contributed by atoms with E-state index in [1.807, 2.05) is 36.4 Å². The van der Waals surface area contributed by atoms with Crippen molar-refractivity contribution >= 4 is 39.1 Å². The molecule has 0 aliphatic heterocycles. The summed E-state index contributed by atoms with van der Waals surface area (Å²) >= 11 is 4.75. The molecule has 4 nitrogen and oxygen atoms in total. The number of anilines is 1. The maximum atomic E-state index is 11.3. The average molecular weight is 339 g/mol. The van der Waals surface area contributed by atoms with E-state index in [9.17, 15) is 10.1 Å². The number of halogens is 1. The Morgan fingerprint density at radius 3 is 2.47 bits per heavy atom. The summed E-state index contributed by atoms with van der Waals surface area (Å²) in [5.74, 6) is 0. The second kappa shape index (κ2) is 6.08. The zero-order valence-corrected chi connectivity index (χ0v) is 12.5. The highest BCUT2D eigenvalue weighted by molar-refractivity contribution is 9.10. The average Bonchev–Trinajstić information content (AvgIpc) is 2.41. The van der Waals surface area contributed by atoms with Crippen LogP contribution in [-0.2, 0) is 0 Å². The van der Waals surface area contributed by atoms with Gasteiger partial charge in [-0.05, 0) is 40.2 Å². The van der Waals surface area contributed by atoms with E-state index in [0.717, 1.165) is 4.90 Å². The van der Waals surface area contributed by atoms with E-state index >= 15 is 0 Å². The number of nitro groups is 1. The lowest BCUT2D eigenvalue weighted by atomic mass is 10.2. The summed E-state index contributed by atoms with van der Waals surface area (Å²) in [4.78, 5) is 12.5. The van der Waals surface area contributed by atoms with Crippen molar-refractivity contribution in [3.8, 4) is 0 Å². The third-order valence-corrected chi connectivity index (χ3v) is 4.55. The Bertz CT molecular complexity index is 605. The first-order valence-electron chi connectivity index (χ1n) is 5.51. The van der Waals surface area contributed by atoms with Gasteiger partial charge in [0.2, 0.25) is 0 Å². The first-order valence-corrected chi connectivity index (χ1v) is 7.12. The Hall–Kier alpha value is -1.53. The maximum absolute atomic E-state index is 11.3. The fourth-order valence-electron chi connectivity index (χ4n) is 1.63. The molecule has 2 aromatic rings. The van der Waals surface area contributed by atoms with E-state index in [0.29, 0.717) is 15.1 Å². The molecular weight excluding hydrogens is 328 g/mol. The molecule has 0 aliphatic carbocycles. The van der Waals surface area contributed by atoms with Crippen molar-refractivity contribution in [2.45, 2.75) is 9.79 Å². The molecule has 0 saturated heterocycles. The molecule has 1 N–H and O–H groups in total. The van der Waals surface area contributed by atoms with Crippen LogP contribution in [-0.4, -0.2) is 12.0 Å². The lowest BCUT2D eigenvalue weighted by molar-refractivity contribution is -0.386. The van der Waals surface area contributed by atoms with E-state index in [-0.39, 0.29) is 10.6 Å². The van der Waals surface area contributed by atoms with Crippen LogP contribution >= 0.6 is 27.7 Å². The summed E-state index contributed by atoms with van der Waals surface area (Å²) in [6, 6.07) is 13.1. The van der Waals surface area contributed by atoms with Gasteiger partial charge >= 0.3 is 5.69 Å². The van der Waals surface area contributed by atoms with Crippen LogP contribution in [0, 0.1) is 10.1 Å². The minimum Gasteiger partial charge on any atom is -0.383 e. The van der Waals surface area contributed by atoms with Crippen LogP contribution < -0.4 is 5.32 Å². The zero-order chi connectivity index (χ0) is 13.8. The molecule has 19 heavy (non-hydrogen) atoms. The summed E-state index contributed by atoms with van der Waals surface area (Å²) in [5, 5.41) is 14.1. The van der Waals surface area contributed by atoms with Gasteiger partial charge in [-0.1, -0.05) is 30.0 Å². The third-order valence-electron chi connectivity index (χ3n) is 2.50. The highest BCUT2D eigenvalue weighted by Gasteiger charge is 2.22. The van der Waals surface area contributed by atoms with E-state index in [1.54, 1.807) is 13.1 Å². The topological polar surface area (TPSA) is 55.2 Å². The molecule has 0 aromatic heterocycles. The normalized spacial score (nSPS) is 10.2. The highest BCUT2D eigenvalue weighted by Crippen LogP contribution is 2.43. The smallest absolute Gasteiger partial charge is 0.307 e. The molecule has 0 fully saturated rings. The molecule has 0 atom stereocenters. The van der Waals surface area contributed by atoms with Gasteiger partial charge in [0.15, 0.2) is 0 Å². The van der Waals surface area contributed by atoms with Crippen molar-refractivity contribution in [1.82, 2.24) is 0 Å². The standard InChI is InChI=1S/C13H11BrN2O2S/c1-15-11-8-7-10(14)13(12(11)16(17)18)19-9-5-3-2-4-6-9/h2-8,15H,1H3. The second-order valence-corrected chi connectivity index (χ2v) is 5.63. The van der Waals surface area contributed by atoms with Crippen LogP contribution in [0.5, 0.6) is 0 Å². The Morgan fingerprint density at radius 1 is 1.21 bits per heavy atom. The van der Waals surface area contributed by atoms with Crippen molar-refractivity contribution in [2.24, 2.45) is 0 Å². The second-order valence-electron chi connectivity index (χ2n) is 3.69. The highest BCUT2D eigenvalue weighted by atomic mass is 79.9. The lowest BCUT2D eigenvalue weighted by Crippen LogP contribution is -1.98. The summed E-state index contributed by atoms with van der Waals surface area (Å²) in [7, 11) is 1.67. The zero-order valence-electron chi connectivity index (χ0n) is 10.1. The lowest BCUT2D eigenvalue weighted by Gasteiger charge is -2.09. The maximum Gasteiger partial charge on any atom is 0.307 e. The monoisotopic (exact) mass is 338 g/mol. The number of rotatable bonds is 4. The van der Waals surface area contributed by atoms with Crippen LogP contribution in [0.4, 0.5) is 11.4 Å². The minimum absolute atomic E-state index is 0.0886. The minimum atomic E-state index is -0.359. The van der Waals surface area contributed by atoms with Gasteiger partial charge in [0, 0.05) is 16.4 Å². The fraction of sp³-hybridized carbons (Fsp3) is 0.0769. The Morgan fingerprint density at radius 2 is 1.89 bits per heavy atom. The number of hydrogen-bond donors (Lipinski definition) is 1. The van der Waals surface area contributed by atoms with Crippen LogP contribution in [0.25, 0.3) is 0 Å². The molecule has 98 valence electrons. The summed E-state index contributed by atoms with van der Waals surface area (Å²) in [5.41, 5.74) is 0.595.